The van der Waals surface area contributed by atoms with Crippen LogP contribution in [0.5, 0.6) is 5.75 Å². The van der Waals surface area contributed by atoms with E-state index in [2.05, 4.69) is 27.9 Å². The Morgan fingerprint density at radius 2 is 1.55 bits per heavy atom. The lowest BCUT2D eigenvalue weighted by atomic mass is 10.1. The fraction of sp³-hybridized carbons (Fsp3) is 0.588. The Kier molecular flexibility index (Phi) is 18.9. The van der Waals surface area contributed by atoms with E-state index in [0.717, 1.165) is 24.9 Å². The number of nitrogens with one attached hydrogen (secondary N) is 3. The van der Waals surface area contributed by atoms with Gasteiger partial charge in [0.2, 0.25) is 11.8 Å². The monoisotopic (exact) mass is 611 g/mol. The smallest absolute Gasteiger partial charge is 0.289 e. The molecular weight excluding hydrogens is 558 g/mol. The van der Waals surface area contributed by atoms with Crippen molar-refractivity contribution in [2.45, 2.75) is 110 Å². The van der Waals surface area contributed by atoms with Crippen molar-refractivity contribution >= 4 is 23.4 Å². The van der Waals surface area contributed by atoms with Gasteiger partial charge < -0.3 is 20.7 Å². The third kappa shape index (κ3) is 16.3. The Hall–Kier alpha value is -3.66. The lowest BCUT2D eigenvalue weighted by Crippen LogP contribution is -2.52. The summed E-state index contributed by atoms with van der Waals surface area (Å²) in [5.74, 6) is -0.333. The lowest BCUT2D eigenvalue weighted by Gasteiger charge is -2.24. The normalized spacial score (nSPS) is 11.4. The molecule has 0 fully saturated rings. The van der Waals surface area contributed by atoms with E-state index in [0.29, 0.717) is 42.4 Å². The van der Waals surface area contributed by atoms with Gasteiger partial charge in [0, 0.05) is 44.0 Å². The number of carbonyl (C=O) groups excluding carboxylic acids is 3. The van der Waals surface area contributed by atoms with Crippen LogP contribution in [0.3, 0.4) is 0 Å². The summed E-state index contributed by atoms with van der Waals surface area (Å²) >= 11 is 0. The second kappa shape index (κ2) is 22.8. The van der Waals surface area contributed by atoms with Crippen LogP contribution in [-0.4, -0.2) is 58.8 Å². The van der Waals surface area contributed by atoms with Crippen molar-refractivity contribution in [1.29, 1.82) is 0 Å². The number of carbonyl (C=O) groups is 3. The molecule has 0 aliphatic heterocycles. The van der Waals surface area contributed by atoms with Gasteiger partial charge in [0.25, 0.3) is 5.91 Å². The number of benzene rings is 1. The molecule has 10 heteroatoms. The third-order valence-corrected chi connectivity index (χ3v) is 7.30. The van der Waals surface area contributed by atoms with Gasteiger partial charge in [0.05, 0.1) is 6.61 Å². The molecule has 244 valence electrons. The Labute approximate surface area is 263 Å². The number of aromatic nitrogens is 1. The van der Waals surface area contributed by atoms with Crippen molar-refractivity contribution < 1.29 is 24.3 Å². The van der Waals surface area contributed by atoms with Gasteiger partial charge in [-0.3, -0.25) is 24.6 Å². The number of pyridine rings is 1. The van der Waals surface area contributed by atoms with E-state index < -0.39 is 12.1 Å². The maximum absolute atomic E-state index is 12.7. The molecule has 0 bridgehead atoms. The first-order valence-electron chi connectivity index (χ1n) is 16.4. The molecule has 0 aliphatic rings. The largest absolute Gasteiger partial charge is 0.494 e. The van der Waals surface area contributed by atoms with E-state index in [1.54, 1.807) is 49.6 Å². The molecule has 1 aromatic heterocycles. The number of hydrogen-bond donors (Lipinski definition) is 4. The minimum atomic E-state index is -1.15. The topological polar surface area (TPSA) is 133 Å². The van der Waals surface area contributed by atoms with Gasteiger partial charge in [0.15, 0.2) is 6.17 Å². The summed E-state index contributed by atoms with van der Waals surface area (Å²) in [5.41, 5.74) is 1.48. The van der Waals surface area contributed by atoms with Crippen LogP contribution < -0.4 is 20.7 Å². The van der Waals surface area contributed by atoms with Crippen LogP contribution in [-0.2, 0) is 20.8 Å². The molecule has 1 unspecified atom stereocenters. The molecule has 0 saturated heterocycles. The first kappa shape index (κ1) is 36.5. The predicted molar refractivity (Wildman–Crippen MR) is 173 cm³/mol. The van der Waals surface area contributed by atoms with E-state index in [4.69, 9.17) is 4.74 Å². The maximum Gasteiger partial charge on any atom is 0.289 e. The molecule has 4 N–H and O–H groups in total. The van der Waals surface area contributed by atoms with Crippen LogP contribution in [0.1, 0.15) is 103 Å². The van der Waals surface area contributed by atoms with E-state index >= 15 is 0 Å². The molecule has 0 spiro atoms. The zero-order valence-electron chi connectivity index (χ0n) is 26.7. The van der Waals surface area contributed by atoms with E-state index in [1.807, 2.05) is 6.07 Å². The van der Waals surface area contributed by atoms with Crippen LogP contribution in [0.4, 0.5) is 5.69 Å². The van der Waals surface area contributed by atoms with Gasteiger partial charge in [-0.2, -0.15) is 0 Å². The van der Waals surface area contributed by atoms with E-state index in [1.165, 1.54) is 51.4 Å². The second-order valence-corrected chi connectivity index (χ2v) is 11.1. The average molecular weight is 612 g/mol. The highest BCUT2D eigenvalue weighted by Gasteiger charge is 2.24. The van der Waals surface area contributed by atoms with Crippen molar-refractivity contribution in [2.75, 3.05) is 25.0 Å². The first-order valence-corrected chi connectivity index (χ1v) is 16.4. The predicted octanol–water partition coefficient (Wildman–Crippen LogP) is 6.00. The van der Waals surface area contributed by atoms with Crippen LogP contribution in [0.25, 0.3) is 0 Å². The number of hydroxylamine groups is 2. The molecule has 0 aliphatic carbocycles. The summed E-state index contributed by atoms with van der Waals surface area (Å²) in [4.78, 5) is 41.4. The number of anilines is 1. The standard InChI is InChI=1S/C34H53N5O5/c1-3-5-6-7-8-9-10-11-12-13-25-36-31(40)17-15-26-44-30-21-19-29(20-22-30)37-33(34(42)39(43)4-2)38-32(41)23-18-28-16-14-24-35-27-28/h14,16,19-22,24,27,33,37,43H,3-13,15,17-18,23,25-26H2,1-2H3,(H,36,40)(H,38,41). The highest BCUT2D eigenvalue weighted by Crippen LogP contribution is 2.17. The van der Waals surface area contributed by atoms with Crippen LogP contribution in [0.2, 0.25) is 0 Å². The first-order chi connectivity index (χ1) is 21.4. The molecule has 10 nitrogen and oxygen atoms in total. The summed E-state index contributed by atoms with van der Waals surface area (Å²) in [7, 11) is 0. The Morgan fingerprint density at radius 1 is 0.864 bits per heavy atom. The number of rotatable bonds is 24. The van der Waals surface area contributed by atoms with Gasteiger partial charge in [-0.15, -0.1) is 0 Å². The van der Waals surface area contributed by atoms with Crippen LogP contribution >= 0.6 is 0 Å². The van der Waals surface area contributed by atoms with Gasteiger partial charge in [-0.05, 0) is 62.1 Å². The minimum absolute atomic E-state index is 0.0484. The Balaban J connectivity index is 1.64. The van der Waals surface area contributed by atoms with Crippen molar-refractivity contribution in [3.05, 3.63) is 54.4 Å². The average Bonchev–Trinajstić information content (AvgIpc) is 3.04. The molecule has 0 saturated carbocycles. The quantitative estimate of drug-likeness (QED) is 0.0495. The number of hydrogen-bond acceptors (Lipinski definition) is 7. The van der Waals surface area contributed by atoms with Gasteiger partial charge >= 0.3 is 0 Å². The second-order valence-electron chi connectivity index (χ2n) is 11.1. The van der Waals surface area contributed by atoms with Crippen molar-refractivity contribution in [3.8, 4) is 5.75 Å². The van der Waals surface area contributed by atoms with E-state index in [9.17, 15) is 19.6 Å². The number of likely N-dealkylation sites (N-methyl/N-ethyl adjacent to an activating group) is 1. The summed E-state index contributed by atoms with van der Waals surface area (Å²) in [6.45, 7) is 5.09. The van der Waals surface area contributed by atoms with Gasteiger partial charge in [-0.1, -0.05) is 70.8 Å². The molecule has 2 rings (SSSR count). The SMILES string of the molecule is CCCCCCCCCCCCNC(=O)CCCOc1ccc(NC(NC(=O)CCc2cccnc2)C(=O)N(O)CC)cc1. The summed E-state index contributed by atoms with van der Waals surface area (Å²) in [5, 5.41) is 19.2. The van der Waals surface area contributed by atoms with E-state index in [-0.39, 0.29) is 24.8 Å². The lowest BCUT2D eigenvalue weighted by molar-refractivity contribution is -0.166. The Morgan fingerprint density at radius 3 is 2.18 bits per heavy atom. The van der Waals surface area contributed by atoms with Crippen LogP contribution in [0.15, 0.2) is 48.8 Å². The summed E-state index contributed by atoms with van der Waals surface area (Å²) in [6, 6.07) is 10.6. The molecule has 0 radical (unpaired) electrons. The third-order valence-electron chi connectivity index (χ3n) is 7.30. The Bertz CT molecular complexity index is 1070. The van der Waals surface area contributed by atoms with Gasteiger partial charge in [-0.25, -0.2) is 5.06 Å². The molecule has 44 heavy (non-hydrogen) atoms. The number of unbranched alkanes of at least 4 members (excludes halogenated alkanes) is 9. The number of ether oxygens (including phenoxy) is 1. The molecule has 1 heterocycles. The maximum atomic E-state index is 12.7. The minimum Gasteiger partial charge on any atom is -0.494 e. The van der Waals surface area contributed by atoms with Gasteiger partial charge in [0.1, 0.15) is 5.75 Å². The number of aryl methyl sites for hydroxylation is 1. The van der Waals surface area contributed by atoms with Crippen LogP contribution in [0, 0.1) is 0 Å². The number of nitrogens with zero attached hydrogens (tertiary/aromatic N) is 2. The molecule has 3 amide bonds. The van der Waals surface area contributed by atoms with Crippen molar-refractivity contribution in [2.24, 2.45) is 0 Å². The highest BCUT2D eigenvalue weighted by atomic mass is 16.5. The van der Waals surface area contributed by atoms with Crippen molar-refractivity contribution in [1.82, 2.24) is 20.7 Å². The summed E-state index contributed by atoms with van der Waals surface area (Å²) < 4.78 is 5.77. The molecule has 2 aromatic rings. The van der Waals surface area contributed by atoms with Crippen molar-refractivity contribution in [3.63, 3.8) is 0 Å². The zero-order chi connectivity index (χ0) is 31.8. The fourth-order valence-electron chi connectivity index (χ4n) is 4.67. The molecule has 1 aromatic carbocycles. The zero-order valence-corrected chi connectivity index (χ0v) is 26.7. The fourth-order valence-corrected chi connectivity index (χ4v) is 4.67. The number of amides is 3. The highest BCUT2D eigenvalue weighted by molar-refractivity contribution is 5.89. The summed E-state index contributed by atoms with van der Waals surface area (Å²) in [6.07, 6.45) is 16.6. The molecular formula is C34H53N5O5. The molecule has 1 atom stereocenters.